The molecule has 0 aromatic rings. The molecule has 1 fully saturated rings. The minimum absolute atomic E-state index is 0.0205. The summed E-state index contributed by atoms with van der Waals surface area (Å²) in [7, 11) is 1.16. The summed E-state index contributed by atoms with van der Waals surface area (Å²) in [6.07, 6.45) is -1.76. The lowest BCUT2D eigenvalue weighted by molar-refractivity contribution is -0.155. The summed E-state index contributed by atoms with van der Waals surface area (Å²) in [5.41, 5.74) is -1.77. The number of rotatable bonds is 11. The van der Waals surface area contributed by atoms with Crippen LogP contribution in [0.15, 0.2) is 4.99 Å². The molecular weight excluding hydrogens is 528 g/mol. The Kier molecular flexibility index (Phi) is 13.2. The van der Waals surface area contributed by atoms with Gasteiger partial charge in [0.2, 0.25) is 5.91 Å². The Morgan fingerprint density at radius 1 is 1.02 bits per heavy atom. The van der Waals surface area contributed by atoms with Gasteiger partial charge >= 0.3 is 24.3 Å². The summed E-state index contributed by atoms with van der Waals surface area (Å²) >= 11 is 0. The number of aliphatic imine (C=N–C) groups is 1. The van der Waals surface area contributed by atoms with Crippen molar-refractivity contribution in [3.05, 3.63) is 0 Å². The van der Waals surface area contributed by atoms with Crippen molar-refractivity contribution in [1.29, 1.82) is 0 Å². The Hall–Kier alpha value is -3.58. The molecule has 0 heterocycles. The molecule has 0 aromatic heterocycles. The van der Waals surface area contributed by atoms with Crippen molar-refractivity contribution >= 4 is 36.6 Å². The second-order valence-electron chi connectivity index (χ2n) is 11.1. The molecule has 0 saturated heterocycles. The highest BCUT2D eigenvalue weighted by Crippen LogP contribution is 2.35. The van der Waals surface area contributed by atoms with Gasteiger partial charge in [-0.05, 0) is 41.0 Å². The maximum atomic E-state index is 12.4. The van der Waals surface area contributed by atoms with Gasteiger partial charge in [0.1, 0.15) is 23.4 Å². The molecule has 0 radical (unpaired) electrons. The van der Waals surface area contributed by atoms with E-state index in [2.05, 4.69) is 25.7 Å². The molecule has 228 valence electrons. The van der Waals surface area contributed by atoms with Crippen LogP contribution in [-0.4, -0.2) is 85.7 Å². The fourth-order valence-corrected chi connectivity index (χ4v) is 4.36. The lowest BCUT2D eigenvalue weighted by Gasteiger charge is -2.33. The number of carbonyl (C=O) groups is 5. The van der Waals surface area contributed by atoms with Gasteiger partial charge in [0.15, 0.2) is 0 Å². The highest BCUT2D eigenvalue weighted by Gasteiger charge is 2.51. The third-order valence-corrected chi connectivity index (χ3v) is 5.75. The molecule has 1 saturated carbocycles. The topological polar surface area (TPSA) is 180 Å². The van der Waals surface area contributed by atoms with E-state index in [1.54, 1.807) is 34.6 Å². The van der Waals surface area contributed by atoms with Crippen LogP contribution in [-0.2, 0) is 33.3 Å². The van der Waals surface area contributed by atoms with Gasteiger partial charge in [-0.1, -0.05) is 13.3 Å². The summed E-state index contributed by atoms with van der Waals surface area (Å²) in [5, 5.41) is 8.44. The van der Waals surface area contributed by atoms with Crippen LogP contribution >= 0.6 is 0 Å². The molecule has 1 rings (SSSR count). The maximum absolute atomic E-state index is 12.4. The van der Waals surface area contributed by atoms with E-state index in [0.717, 1.165) is 13.4 Å². The van der Waals surface area contributed by atoms with Crippen LogP contribution in [0.3, 0.4) is 0 Å². The van der Waals surface area contributed by atoms with Gasteiger partial charge < -0.3 is 39.6 Å². The zero-order valence-corrected chi connectivity index (χ0v) is 24.8. The molecule has 0 aromatic carbocycles. The van der Waals surface area contributed by atoms with Gasteiger partial charge in [-0.25, -0.2) is 14.4 Å². The molecule has 5 atom stereocenters. The van der Waals surface area contributed by atoms with Crippen LogP contribution in [0.4, 0.5) is 14.4 Å². The van der Waals surface area contributed by atoms with Crippen LogP contribution in [0.2, 0.25) is 0 Å². The number of carbonyl (C=O) groups excluding carboxylic acids is 5. The fraction of sp³-hybridized carbons (Fsp3) is 0.769. The van der Waals surface area contributed by atoms with Gasteiger partial charge in [0, 0.05) is 38.3 Å². The molecule has 3 amide bonds. The molecule has 0 aliphatic heterocycles. The molecule has 0 bridgehead atoms. The lowest BCUT2D eigenvalue weighted by Crippen LogP contribution is -2.51. The first kappa shape index (κ1) is 34.4. The molecule has 1 unspecified atom stereocenters. The maximum Gasteiger partial charge on any atom is 0.508 e. The second-order valence-corrected chi connectivity index (χ2v) is 11.1. The van der Waals surface area contributed by atoms with Crippen molar-refractivity contribution in [1.82, 2.24) is 16.0 Å². The predicted octanol–water partition coefficient (Wildman–Crippen LogP) is 2.82. The summed E-state index contributed by atoms with van der Waals surface area (Å²) in [5.74, 6) is -1.42. The predicted molar refractivity (Wildman–Crippen MR) is 144 cm³/mol. The SMILES string of the molecule is CCCC(NC(C)=O)[C@H]1[C@@H](OC(C)=O)[C@H](OC(=O)OC)C[C@H]1N/C=N/C(=O)OC(C)(C)CNC(=O)OC(C)(C)C. The van der Waals surface area contributed by atoms with Crippen molar-refractivity contribution < 1.29 is 47.7 Å². The summed E-state index contributed by atoms with van der Waals surface area (Å²) in [6, 6.07) is -0.977. The standard InChI is InChI=1S/C26H44N4O10/c1-10-11-17(30-15(2)31)20-18(12-19(38-24(35)36-9)21(20)37-16(3)32)28-14-29-23(34)40-26(7,8)13-27-22(33)39-25(4,5)6/h14,17-21H,10-13H2,1-9H3,(H,27,33)(H,30,31)(H,28,29,34)/t17?,18-,19-,20-,21+/m1/s1. The number of ether oxygens (including phenoxy) is 5. The summed E-state index contributed by atoms with van der Waals surface area (Å²) in [6.45, 7) is 12.9. The smallest absolute Gasteiger partial charge is 0.458 e. The van der Waals surface area contributed by atoms with Crippen LogP contribution in [0.5, 0.6) is 0 Å². The number of alkyl carbamates (subject to hydrolysis) is 1. The Balaban J connectivity index is 3.03. The van der Waals surface area contributed by atoms with Crippen molar-refractivity contribution in [3.63, 3.8) is 0 Å². The third-order valence-electron chi connectivity index (χ3n) is 5.75. The molecule has 1 aliphatic carbocycles. The average molecular weight is 573 g/mol. The van der Waals surface area contributed by atoms with Crippen molar-refractivity contribution in [2.45, 2.75) is 110 Å². The van der Waals surface area contributed by atoms with Gasteiger partial charge in [-0.15, -0.1) is 0 Å². The van der Waals surface area contributed by atoms with Crippen LogP contribution < -0.4 is 16.0 Å². The van der Waals surface area contributed by atoms with Gasteiger partial charge in [0.25, 0.3) is 0 Å². The minimum Gasteiger partial charge on any atom is -0.458 e. The molecule has 3 N–H and O–H groups in total. The van der Waals surface area contributed by atoms with Gasteiger partial charge in [0.05, 0.1) is 20.0 Å². The third kappa shape index (κ3) is 12.5. The molecule has 14 heteroatoms. The van der Waals surface area contributed by atoms with Crippen LogP contribution in [0, 0.1) is 5.92 Å². The number of hydrogen-bond acceptors (Lipinski definition) is 10. The monoisotopic (exact) mass is 572 g/mol. The number of nitrogens with zero attached hydrogens (tertiary/aromatic N) is 1. The normalized spacial score (nSPS) is 21.6. The van der Waals surface area contributed by atoms with Gasteiger partial charge in [-0.2, -0.15) is 4.99 Å². The van der Waals surface area contributed by atoms with E-state index in [1.807, 2.05) is 6.92 Å². The molecule has 1 aliphatic rings. The second kappa shape index (κ2) is 15.3. The number of methoxy groups -OCH3 is 1. The van der Waals surface area contributed by atoms with Crippen molar-refractivity contribution in [3.8, 4) is 0 Å². The van der Waals surface area contributed by atoms with Crippen molar-refractivity contribution in [2.24, 2.45) is 10.9 Å². The van der Waals surface area contributed by atoms with Crippen molar-refractivity contribution in [2.75, 3.05) is 13.7 Å². The lowest BCUT2D eigenvalue weighted by atomic mass is 9.89. The average Bonchev–Trinajstić information content (AvgIpc) is 3.11. The van der Waals surface area contributed by atoms with E-state index < -0.39 is 65.7 Å². The van der Waals surface area contributed by atoms with E-state index in [4.69, 9.17) is 18.9 Å². The van der Waals surface area contributed by atoms with E-state index in [0.29, 0.717) is 12.8 Å². The largest absolute Gasteiger partial charge is 0.508 e. The number of nitrogens with one attached hydrogen (secondary N) is 3. The minimum atomic E-state index is -1.10. The van der Waals surface area contributed by atoms with E-state index in [1.165, 1.54) is 13.8 Å². The quantitative estimate of drug-likeness (QED) is 0.143. The number of amides is 3. The Labute approximate surface area is 235 Å². The van der Waals surface area contributed by atoms with Crippen LogP contribution in [0.1, 0.15) is 74.7 Å². The van der Waals surface area contributed by atoms with E-state index in [-0.39, 0.29) is 18.9 Å². The highest BCUT2D eigenvalue weighted by atomic mass is 16.7. The van der Waals surface area contributed by atoms with E-state index in [9.17, 15) is 24.0 Å². The zero-order chi connectivity index (χ0) is 30.7. The first-order chi connectivity index (χ1) is 18.5. The fourth-order valence-electron chi connectivity index (χ4n) is 4.36. The van der Waals surface area contributed by atoms with Gasteiger partial charge in [-0.3, -0.25) is 9.59 Å². The molecule has 14 nitrogen and oxygen atoms in total. The van der Waals surface area contributed by atoms with Crippen LogP contribution in [0.25, 0.3) is 0 Å². The first-order valence-electron chi connectivity index (χ1n) is 13.1. The Morgan fingerprint density at radius 3 is 2.20 bits per heavy atom. The molecule has 40 heavy (non-hydrogen) atoms. The summed E-state index contributed by atoms with van der Waals surface area (Å²) < 4.78 is 26.1. The van der Waals surface area contributed by atoms with E-state index >= 15 is 0 Å². The molecular formula is C26H44N4O10. The summed E-state index contributed by atoms with van der Waals surface area (Å²) in [4.78, 5) is 63.9. The zero-order valence-electron chi connectivity index (χ0n) is 24.8. The number of esters is 1. The Morgan fingerprint density at radius 2 is 1.68 bits per heavy atom. The number of hydrogen-bond donors (Lipinski definition) is 3. The molecule has 0 spiro atoms. The highest BCUT2D eigenvalue weighted by molar-refractivity contribution is 5.79. The Bertz CT molecular complexity index is 931. The first-order valence-corrected chi connectivity index (χ1v) is 13.1.